The minimum Gasteiger partial charge on any atom is -0.371 e. The second-order valence-electron chi connectivity index (χ2n) is 5.73. The second kappa shape index (κ2) is 5.31. The summed E-state index contributed by atoms with van der Waals surface area (Å²) in [7, 11) is 0. The van der Waals surface area contributed by atoms with Crippen molar-refractivity contribution in [2.75, 3.05) is 18.0 Å². The molecule has 0 aliphatic carbocycles. The fourth-order valence-electron chi connectivity index (χ4n) is 3.13. The van der Waals surface area contributed by atoms with Crippen LogP contribution in [0.5, 0.6) is 0 Å². The van der Waals surface area contributed by atoms with E-state index in [2.05, 4.69) is 49.9 Å². The standard InChI is InChI=1S/C16H26N2/c1-4-16(5-2)10-11-18(12-16)15-9-7-6-8-14(15)13(3)17/h6-9,13H,4-5,10-12,17H2,1-3H3/t13-/m0/s1. The maximum atomic E-state index is 6.09. The minimum atomic E-state index is 0.111. The summed E-state index contributed by atoms with van der Waals surface area (Å²) in [6, 6.07) is 8.71. The Morgan fingerprint density at radius 1 is 1.28 bits per heavy atom. The Balaban J connectivity index is 2.24. The quantitative estimate of drug-likeness (QED) is 0.877. The molecule has 0 aromatic heterocycles. The maximum Gasteiger partial charge on any atom is 0.0414 e. The van der Waals surface area contributed by atoms with Crippen LogP contribution in [0.2, 0.25) is 0 Å². The van der Waals surface area contributed by atoms with Gasteiger partial charge in [0, 0.05) is 24.8 Å². The van der Waals surface area contributed by atoms with Crippen LogP contribution in [-0.4, -0.2) is 13.1 Å². The van der Waals surface area contributed by atoms with Crippen molar-refractivity contribution < 1.29 is 0 Å². The Labute approximate surface area is 111 Å². The molecule has 0 radical (unpaired) electrons. The Kier molecular flexibility index (Phi) is 3.96. The van der Waals surface area contributed by atoms with Crippen molar-refractivity contribution in [2.24, 2.45) is 11.1 Å². The van der Waals surface area contributed by atoms with Gasteiger partial charge < -0.3 is 10.6 Å². The number of hydrogen-bond donors (Lipinski definition) is 1. The van der Waals surface area contributed by atoms with Crippen LogP contribution in [0.15, 0.2) is 24.3 Å². The molecule has 2 N–H and O–H groups in total. The number of benzene rings is 1. The molecule has 0 spiro atoms. The highest BCUT2D eigenvalue weighted by molar-refractivity contribution is 5.55. The minimum absolute atomic E-state index is 0.111. The lowest BCUT2D eigenvalue weighted by Gasteiger charge is -2.28. The molecule has 100 valence electrons. The first-order valence-corrected chi connectivity index (χ1v) is 7.21. The molecule has 2 heteroatoms. The normalized spacial score (nSPS) is 20.1. The van der Waals surface area contributed by atoms with Crippen LogP contribution in [0.1, 0.15) is 51.6 Å². The smallest absolute Gasteiger partial charge is 0.0414 e. The molecule has 1 aromatic carbocycles. The lowest BCUT2D eigenvalue weighted by molar-refractivity contribution is 0.301. The van der Waals surface area contributed by atoms with Crippen molar-refractivity contribution in [1.29, 1.82) is 0 Å². The second-order valence-corrected chi connectivity index (χ2v) is 5.73. The molecule has 0 unspecified atom stereocenters. The Bertz CT molecular complexity index is 394. The van der Waals surface area contributed by atoms with Crippen molar-refractivity contribution in [2.45, 2.75) is 46.1 Å². The maximum absolute atomic E-state index is 6.09. The SMILES string of the molecule is CCC1(CC)CCN(c2ccccc2[C@H](C)N)C1. The third-order valence-corrected chi connectivity index (χ3v) is 4.71. The topological polar surface area (TPSA) is 29.3 Å². The molecule has 1 atom stereocenters. The van der Waals surface area contributed by atoms with Gasteiger partial charge >= 0.3 is 0 Å². The fourth-order valence-corrected chi connectivity index (χ4v) is 3.13. The predicted molar refractivity (Wildman–Crippen MR) is 78.9 cm³/mol. The average molecular weight is 246 g/mol. The molecule has 1 heterocycles. The van der Waals surface area contributed by atoms with Crippen molar-refractivity contribution in [1.82, 2.24) is 0 Å². The molecule has 1 aromatic rings. The summed E-state index contributed by atoms with van der Waals surface area (Å²) in [4.78, 5) is 2.53. The molecule has 0 bridgehead atoms. The third-order valence-electron chi connectivity index (χ3n) is 4.71. The van der Waals surface area contributed by atoms with Gasteiger partial charge in [-0.25, -0.2) is 0 Å². The van der Waals surface area contributed by atoms with Gasteiger partial charge in [0.2, 0.25) is 0 Å². The van der Waals surface area contributed by atoms with E-state index in [0.717, 1.165) is 0 Å². The summed E-state index contributed by atoms with van der Waals surface area (Å²) in [5, 5.41) is 0. The molecule has 18 heavy (non-hydrogen) atoms. The van der Waals surface area contributed by atoms with E-state index in [0.29, 0.717) is 5.41 Å². The van der Waals surface area contributed by atoms with Gasteiger partial charge in [-0.15, -0.1) is 0 Å². The monoisotopic (exact) mass is 246 g/mol. The summed E-state index contributed by atoms with van der Waals surface area (Å²) in [6.07, 6.45) is 3.87. The first kappa shape index (κ1) is 13.4. The average Bonchev–Trinajstić information content (AvgIpc) is 2.83. The molecule has 1 aliphatic heterocycles. The van der Waals surface area contributed by atoms with E-state index in [9.17, 15) is 0 Å². The van der Waals surface area contributed by atoms with Gasteiger partial charge in [-0.1, -0.05) is 32.0 Å². The molecule has 1 aliphatic rings. The van der Waals surface area contributed by atoms with Crippen LogP contribution in [-0.2, 0) is 0 Å². The fraction of sp³-hybridized carbons (Fsp3) is 0.625. The van der Waals surface area contributed by atoms with Crippen LogP contribution in [0.3, 0.4) is 0 Å². The van der Waals surface area contributed by atoms with E-state index in [1.165, 1.54) is 43.6 Å². The van der Waals surface area contributed by atoms with E-state index >= 15 is 0 Å². The summed E-state index contributed by atoms with van der Waals surface area (Å²) < 4.78 is 0. The van der Waals surface area contributed by atoms with Crippen LogP contribution in [0.25, 0.3) is 0 Å². The van der Waals surface area contributed by atoms with Crippen molar-refractivity contribution >= 4 is 5.69 Å². The number of nitrogens with two attached hydrogens (primary N) is 1. The zero-order valence-electron chi connectivity index (χ0n) is 11.9. The number of anilines is 1. The molecular weight excluding hydrogens is 220 g/mol. The van der Waals surface area contributed by atoms with Gasteiger partial charge in [0.15, 0.2) is 0 Å². The van der Waals surface area contributed by atoms with Crippen molar-refractivity contribution in [3.63, 3.8) is 0 Å². The van der Waals surface area contributed by atoms with E-state index in [4.69, 9.17) is 5.73 Å². The van der Waals surface area contributed by atoms with Gasteiger partial charge in [0.05, 0.1) is 0 Å². The zero-order chi connectivity index (χ0) is 13.2. The largest absolute Gasteiger partial charge is 0.371 e. The van der Waals surface area contributed by atoms with Crippen LogP contribution in [0.4, 0.5) is 5.69 Å². The summed E-state index contributed by atoms with van der Waals surface area (Å²) in [5.74, 6) is 0. The lowest BCUT2D eigenvalue weighted by Crippen LogP contribution is -2.27. The molecule has 1 fully saturated rings. The molecule has 0 saturated carbocycles. The third kappa shape index (κ3) is 2.39. The van der Waals surface area contributed by atoms with Gasteiger partial charge in [-0.2, -0.15) is 0 Å². The number of hydrogen-bond acceptors (Lipinski definition) is 2. The van der Waals surface area contributed by atoms with E-state index in [1.807, 2.05) is 0 Å². The lowest BCUT2D eigenvalue weighted by atomic mass is 9.82. The number of para-hydroxylation sites is 1. The predicted octanol–water partition coefficient (Wildman–Crippen LogP) is 3.72. The Morgan fingerprint density at radius 3 is 2.50 bits per heavy atom. The Hall–Kier alpha value is -1.02. The highest BCUT2D eigenvalue weighted by atomic mass is 15.2. The van der Waals surface area contributed by atoms with E-state index in [-0.39, 0.29) is 6.04 Å². The summed E-state index contributed by atoms with van der Waals surface area (Å²) in [6.45, 7) is 9.08. The molecule has 2 rings (SSSR count). The summed E-state index contributed by atoms with van der Waals surface area (Å²) >= 11 is 0. The van der Waals surface area contributed by atoms with Crippen molar-refractivity contribution in [3.8, 4) is 0 Å². The van der Waals surface area contributed by atoms with Crippen LogP contribution < -0.4 is 10.6 Å². The summed E-state index contributed by atoms with van der Waals surface area (Å²) in [5.41, 5.74) is 9.23. The molecular formula is C16H26N2. The van der Waals surface area contributed by atoms with Crippen LogP contribution >= 0.6 is 0 Å². The van der Waals surface area contributed by atoms with E-state index < -0.39 is 0 Å². The Morgan fingerprint density at radius 2 is 1.94 bits per heavy atom. The van der Waals surface area contributed by atoms with Crippen molar-refractivity contribution in [3.05, 3.63) is 29.8 Å². The van der Waals surface area contributed by atoms with Gasteiger partial charge in [-0.05, 0) is 43.2 Å². The zero-order valence-corrected chi connectivity index (χ0v) is 11.9. The highest BCUT2D eigenvalue weighted by Crippen LogP contribution is 2.40. The first-order chi connectivity index (χ1) is 8.62. The van der Waals surface area contributed by atoms with Gasteiger partial charge in [-0.3, -0.25) is 0 Å². The number of nitrogens with zero attached hydrogens (tertiary/aromatic N) is 1. The first-order valence-electron chi connectivity index (χ1n) is 7.21. The van der Waals surface area contributed by atoms with Crippen LogP contribution in [0, 0.1) is 5.41 Å². The molecule has 2 nitrogen and oxygen atoms in total. The van der Waals surface area contributed by atoms with E-state index in [1.54, 1.807) is 0 Å². The van der Waals surface area contributed by atoms with Gasteiger partial charge in [0.25, 0.3) is 0 Å². The number of rotatable bonds is 4. The molecule has 1 saturated heterocycles. The van der Waals surface area contributed by atoms with Gasteiger partial charge in [0.1, 0.15) is 0 Å². The molecule has 0 amide bonds. The highest BCUT2D eigenvalue weighted by Gasteiger charge is 2.35.